The Hall–Kier alpha value is -1.26. The van der Waals surface area contributed by atoms with E-state index >= 15 is 0 Å². The fourth-order valence-corrected chi connectivity index (χ4v) is 2.69. The number of halogens is 1. The Bertz CT molecular complexity index is 496. The van der Waals surface area contributed by atoms with Crippen LogP contribution in [0.5, 0.6) is 5.75 Å². The van der Waals surface area contributed by atoms with Crippen LogP contribution in [0.15, 0.2) is 12.1 Å². The third kappa shape index (κ3) is 3.44. The molecule has 0 spiro atoms. The Balaban J connectivity index is 2.19. The van der Waals surface area contributed by atoms with Gasteiger partial charge in [-0.2, -0.15) is 0 Å². The first-order valence-corrected chi connectivity index (χ1v) is 7.19. The lowest BCUT2D eigenvalue weighted by Crippen LogP contribution is -2.31. The van der Waals surface area contributed by atoms with Gasteiger partial charge in [0.05, 0.1) is 18.8 Å². The SMILES string of the molecule is COC(=O)c1cc(Cl)cc(OC2CCC(N)CC2)c1C. The van der Waals surface area contributed by atoms with Crippen molar-refractivity contribution in [1.29, 1.82) is 0 Å². The van der Waals surface area contributed by atoms with E-state index in [0.717, 1.165) is 31.2 Å². The number of esters is 1. The summed E-state index contributed by atoms with van der Waals surface area (Å²) in [6.45, 7) is 1.84. The molecule has 4 nitrogen and oxygen atoms in total. The highest BCUT2D eigenvalue weighted by atomic mass is 35.5. The highest BCUT2D eigenvalue weighted by molar-refractivity contribution is 6.31. The predicted molar refractivity (Wildman–Crippen MR) is 78.4 cm³/mol. The van der Waals surface area contributed by atoms with Gasteiger partial charge in [-0.15, -0.1) is 0 Å². The van der Waals surface area contributed by atoms with E-state index in [4.69, 9.17) is 26.8 Å². The number of rotatable bonds is 3. The Morgan fingerprint density at radius 3 is 2.55 bits per heavy atom. The zero-order valence-corrected chi connectivity index (χ0v) is 12.6. The van der Waals surface area contributed by atoms with Crippen LogP contribution >= 0.6 is 11.6 Å². The number of hydrogen-bond acceptors (Lipinski definition) is 4. The predicted octanol–water partition coefficient (Wildman–Crippen LogP) is 3.08. The molecule has 0 radical (unpaired) electrons. The molecule has 20 heavy (non-hydrogen) atoms. The number of methoxy groups -OCH3 is 1. The summed E-state index contributed by atoms with van der Waals surface area (Å²) in [7, 11) is 1.35. The number of carbonyl (C=O) groups excluding carboxylic acids is 1. The molecule has 1 saturated carbocycles. The molecule has 110 valence electrons. The van der Waals surface area contributed by atoms with Crippen molar-refractivity contribution in [3.05, 3.63) is 28.3 Å². The van der Waals surface area contributed by atoms with Gasteiger partial charge in [-0.05, 0) is 44.7 Å². The third-order valence-corrected chi connectivity index (χ3v) is 3.96. The van der Waals surface area contributed by atoms with Gasteiger partial charge >= 0.3 is 5.97 Å². The van der Waals surface area contributed by atoms with Gasteiger partial charge in [0.15, 0.2) is 0 Å². The Labute approximate surface area is 124 Å². The maximum atomic E-state index is 11.7. The molecule has 1 aliphatic rings. The first-order valence-electron chi connectivity index (χ1n) is 6.82. The standard InChI is InChI=1S/C15H20ClNO3/c1-9-13(15(18)19-2)7-10(16)8-14(9)20-12-5-3-11(17)4-6-12/h7-8,11-12H,3-6,17H2,1-2H3. The van der Waals surface area contributed by atoms with Crippen molar-refractivity contribution in [2.24, 2.45) is 5.73 Å². The molecule has 1 fully saturated rings. The topological polar surface area (TPSA) is 61.5 Å². The molecular weight excluding hydrogens is 278 g/mol. The molecule has 2 N–H and O–H groups in total. The highest BCUT2D eigenvalue weighted by Gasteiger charge is 2.22. The van der Waals surface area contributed by atoms with Crippen molar-refractivity contribution >= 4 is 17.6 Å². The molecule has 1 aromatic rings. The van der Waals surface area contributed by atoms with E-state index in [2.05, 4.69) is 0 Å². The molecular formula is C15H20ClNO3. The minimum atomic E-state index is -0.402. The van der Waals surface area contributed by atoms with Gasteiger partial charge in [-0.1, -0.05) is 11.6 Å². The van der Waals surface area contributed by atoms with Gasteiger partial charge in [0.1, 0.15) is 5.75 Å². The molecule has 0 atom stereocenters. The van der Waals surface area contributed by atoms with E-state index in [1.807, 2.05) is 6.92 Å². The molecule has 0 aromatic heterocycles. The molecule has 0 unspecified atom stereocenters. The number of benzene rings is 1. The van der Waals surface area contributed by atoms with Crippen LogP contribution in [0, 0.1) is 6.92 Å². The monoisotopic (exact) mass is 297 g/mol. The van der Waals surface area contributed by atoms with Crippen LogP contribution in [-0.4, -0.2) is 25.2 Å². The first kappa shape index (κ1) is 15.1. The molecule has 0 saturated heterocycles. The maximum Gasteiger partial charge on any atom is 0.338 e. The van der Waals surface area contributed by atoms with Crippen molar-refractivity contribution in [1.82, 2.24) is 0 Å². The number of ether oxygens (including phenoxy) is 2. The average Bonchev–Trinajstić information content (AvgIpc) is 2.44. The molecule has 0 heterocycles. The fourth-order valence-electron chi connectivity index (χ4n) is 2.48. The van der Waals surface area contributed by atoms with E-state index < -0.39 is 5.97 Å². The lowest BCUT2D eigenvalue weighted by molar-refractivity contribution is 0.0598. The summed E-state index contributed by atoms with van der Waals surface area (Å²) in [5.41, 5.74) is 7.10. The van der Waals surface area contributed by atoms with Crippen LogP contribution in [0.2, 0.25) is 5.02 Å². The number of nitrogens with two attached hydrogens (primary N) is 1. The summed E-state index contributed by atoms with van der Waals surface area (Å²) in [4.78, 5) is 11.7. The summed E-state index contributed by atoms with van der Waals surface area (Å²) in [6.07, 6.45) is 3.93. The van der Waals surface area contributed by atoms with Gasteiger partial charge in [-0.3, -0.25) is 0 Å². The van der Waals surface area contributed by atoms with Gasteiger partial charge in [0, 0.05) is 16.6 Å². The van der Waals surface area contributed by atoms with Crippen molar-refractivity contribution < 1.29 is 14.3 Å². The van der Waals surface area contributed by atoms with Crippen molar-refractivity contribution in [3.63, 3.8) is 0 Å². The minimum Gasteiger partial charge on any atom is -0.490 e. The maximum absolute atomic E-state index is 11.7. The van der Waals surface area contributed by atoms with E-state index in [9.17, 15) is 4.79 Å². The lowest BCUT2D eigenvalue weighted by Gasteiger charge is -2.27. The summed E-state index contributed by atoms with van der Waals surface area (Å²) in [6, 6.07) is 3.63. The van der Waals surface area contributed by atoms with E-state index in [0.29, 0.717) is 16.3 Å². The van der Waals surface area contributed by atoms with Crippen molar-refractivity contribution in [3.8, 4) is 5.75 Å². The van der Waals surface area contributed by atoms with Crippen molar-refractivity contribution in [2.75, 3.05) is 7.11 Å². The smallest absolute Gasteiger partial charge is 0.338 e. The lowest BCUT2D eigenvalue weighted by atomic mass is 9.93. The van der Waals surface area contributed by atoms with Gasteiger partial charge < -0.3 is 15.2 Å². The quantitative estimate of drug-likeness (QED) is 0.871. The second-order valence-electron chi connectivity index (χ2n) is 5.22. The van der Waals surface area contributed by atoms with Crippen LogP contribution in [-0.2, 0) is 4.74 Å². The van der Waals surface area contributed by atoms with Crippen LogP contribution in [0.25, 0.3) is 0 Å². The van der Waals surface area contributed by atoms with Gasteiger partial charge in [0.2, 0.25) is 0 Å². The first-order chi connectivity index (χ1) is 9.51. The van der Waals surface area contributed by atoms with Gasteiger partial charge in [0.25, 0.3) is 0 Å². The normalized spacial score (nSPS) is 22.4. The van der Waals surface area contributed by atoms with Crippen LogP contribution in [0.1, 0.15) is 41.6 Å². The summed E-state index contributed by atoms with van der Waals surface area (Å²) >= 11 is 6.06. The molecule has 1 aliphatic carbocycles. The van der Waals surface area contributed by atoms with E-state index in [1.54, 1.807) is 12.1 Å². The molecule has 2 rings (SSSR count). The third-order valence-electron chi connectivity index (χ3n) is 3.74. The Morgan fingerprint density at radius 2 is 1.95 bits per heavy atom. The van der Waals surface area contributed by atoms with Crippen LogP contribution in [0.4, 0.5) is 0 Å². The minimum absolute atomic E-state index is 0.137. The van der Waals surface area contributed by atoms with Crippen molar-refractivity contribution in [2.45, 2.75) is 44.8 Å². The zero-order chi connectivity index (χ0) is 14.7. The second-order valence-corrected chi connectivity index (χ2v) is 5.66. The number of hydrogen-bond donors (Lipinski definition) is 1. The molecule has 0 bridgehead atoms. The average molecular weight is 298 g/mol. The van der Waals surface area contributed by atoms with Crippen LogP contribution in [0.3, 0.4) is 0 Å². The second kappa shape index (κ2) is 6.46. The molecule has 5 heteroatoms. The highest BCUT2D eigenvalue weighted by Crippen LogP contribution is 2.30. The van der Waals surface area contributed by atoms with Crippen LogP contribution < -0.4 is 10.5 Å². The zero-order valence-electron chi connectivity index (χ0n) is 11.8. The Kier molecular flexibility index (Phi) is 4.89. The summed E-state index contributed by atoms with van der Waals surface area (Å²) in [5.74, 6) is 0.249. The van der Waals surface area contributed by atoms with E-state index in [1.165, 1.54) is 7.11 Å². The summed E-state index contributed by atoms with van der Waals surface area (Å²) < 4.78 is 10.8. The van der Waals surface area contributed by atoms with Gasteiger partial charge in [-0.25, -0.2) is 4.79 Å². The Morgan fingerprint density at radius 1 is 1.30 bits per heavy atom. The molecule has 0 amide bonds. The summed E-state index contributed by atoms with van der Waals surface area (Å²) in [5, 5.41) is 0.471. The fraction of sp³-hybridized carbons (Fsp3) is 0.533. The molecule has 1 aromatic carbocycles. The number of carbonyl (C=O) groups is 1. The van der Waals surface area contributed by atoms with E-state index in [-0.39, 0.29) is 12.1 Å². The molecule has 0 aliphatic heterocycles. The largest absolute Gasteiger partial charge is 0.490 e.